The van der Waals surface area contributed by atoms with Crippen molar-refractivity contribution in [1.29, 1.82) is 0 Å². The molecule has 0 saturated carbocycles. The molecule has 0 aliphatic rings. The molecule has 0 radical (unpaired) electrons. The van der Waals surface area contributed by atoms with Crippen LogP contribution in [0.2, 0.25) is 0 Å². The molecule has 0 aromatic heterocycles. The van der Waals surface area contributed by atoms with Crippen LogP contribution in [0.1, 0.15) is 12.5 Å². The van der Waals surface area contributed by atoms with E-state index in [0.29, 0.717) is 19.5 Å². The first-order chi connectivity index (χ1) is 9.63. The number of hydrogen-bond acceptors (Lipinski definition) is 3. The highest BCUT2D eigenvalue weighted by atomic mass is 16.2. The minimum Gasteiger partial charge on any atom is -0.351 e. The summed E-state index contributed by atoms with van der Waals surface area (Å²) < 4.78 is 0. The monoisotopic (exact) mass is 275 g/mol. The summed E-state index contributed by atoms with van der Waals surface area (Å²) in [6.45, 7) is 2.25. The van der Waals surface area contributed by atoms with Gasteiger partial charge in [-0.25, -0.2) is 0 Å². The molecule has 2 amide bonds. The summed E-state index contributed by atoms with van der Waals surface area (Å²) in [6, 6.07) is 9.01. The van der Waals surface area contributed by atoms with Crippen molar-refractivity contribution in [2.45, 2.75) is 19.4 Å². The van der Waals surface area contributed by atoms with Gasteiger partial charge < -0.3 is 16.4 Å². The number of benzene rings is 1. The van der Waals surface area contributed by atoms with Gasteiger partial charge in [-0.1, -0.05) is 42.5 Å². The average Bonchev–Trinajstić information content (AvgIpc) is 2.43. The molecule has 0 bridgehead atoms. The van der Waals surface area contributed by atoms with E-state index in [1.165, 1.54) is 6.92 Å². The maximum Gasteiger partial charge on any atom is 0.243 e. The lowest BCUT2D eigenvalue weighted by atomic mass is 10.1. The zero-order valence-electron chi connectivity index (χ0n) is 11.6. The number of nitrogens with one attached hydrogen (secondary N) is 2. The van der Waals surface area contributed by atoms with Crippen LogP contribution < -0.4 is 16.4 Å². The molecule has 20 heavy (non-hydrogen) atoms. The van der Waals surface area contributed by atoms with Crippen LogP contribution >= 0.6 is 0 Å². The Hall–Kier alpha value is -2.14. The first-order valence-corrected chi connectivity index (χ1v) is 6.57. The predicted molar refractivity (Wildman–Crippen MR) is 79.0 cm³/mol. The van der Waals surface area contributed by atoms with Crippen molar-refractivity contribution in [2.75, 3.05) is 13.1 Å². The first-order valence-electron chi connectivity index (χ1n) is 6.57. The lowest BCUT2D eigenvalue weighted by Crippen LogP contribution is -2.47. The number of carbonyl (C=O) groups excluding carboxylic acids is 2. The van der Waals surface area contributed by atoms with Crippen molar-refractivity contribution in [1.82, 2.24) is 10.6 Å². The number of rotatable bonds is 7. The summed E-state index contributed by atoms with van der Waals surface area (Å²) in [6.07, 6.45) is 4.02. The van der Waals surface area contributed by atoms with Crippen LogP contribution in [-0.4, -0.2) is 30.9 Å². The van der Waals surface area contributed by atoms with Crippen LogP contribution in [0, 0.1) is 0 Å². The Morgan fingerprint density at radius 1 is 1.25 bits per heavy atom. The summed E-state index contributed by atoms with van der Waals surface area (Å²) in [7, 11) is 0. The fourth-order valence-electron chi connectivity index (χ4n) is 1.77. The van der Waals surface area contributed by atoms with Gasteiger partial charge in [0.1, 0.15) is 6.04 Å². The van der Waals surface area contributed by atoms with Crippen LogP contribution in [-0.2, 0) is 16.0 Å². The van der Waals surface area contributed by atoms with Crippen LogP contribution in [0.3, 0.4) is 0 Å². The van der Waals surface area contributed by atoms with Gasteiger partial charge in [0.05, 0.1) is 0 Å². The van der Waals surface area contributed by atoms with Gasteiger partial charge in [-0.2, -0.15) is 0 Å². The van der Waals surface area contributed by atoms with Gasteiger partial charge >= 0.3 is 0 Å². The molecule has 108 valence electrons. The molecule has 0 aliphatic carbocycles. The molecular weight excluding hydrogens is 254 g/mol. The lowest BCUT2D eigenvalue weighted by molar-refractivity contribution is -0.127. The van der Waals surface area contributed by atoms with Crippen molar-refractivity contribution < 1.29 is 9.59 Å². The van der Waals surface area contributed by atoms with Gasteiger partial charge in [0.25, 0.3) is 0 Å². The molecule has 1 rings (SSSR count). The molecule has 0 heterocycles. The molecule has 0 unspecified atom stereocenters. The summed E-state index contributed by atoms with van der Waals surface area (Å²) in [5.41, 5.74) is 6.32. The van der Waals surface area contributed by atoms with E-state index in [-0.39, 0.29) is 11.8 Å². The predicted octanol–water partition coefficient (Wildman–Crippen LogP) is 0.365. The molecule has 0 spiro atoms. The second kappa shape index (κ2) is 8.87. The van der Waals surface area contributed by atoms with E-state index in [9.17, 15) is 9.59 Å². The second-order valence-corrected chi connectivity index (χ2v) is 4.40. The van der Waals surface area contributed by atoms with Crippen LogP contribution in [0.5, 0.6) is 0 Å². The highest BCUT2D eigenvalue weighted by molar-refractivity contribution is 5.87. The van der Waals surface area contributed by atoms with Crippen molar-refractivity contribution in [3.63, 3.8) is 0 Å². The molecule has 0 saturated heterocycles. The van der Waals surface area contributed by atoms with Crippen molar-refractivity contribution >= 4 is 11.8 Å². The smallest absolute Gasteiger partial charge is 0.243 e. The van der Waals surface area contributed by atoms with E-state index < -0.39 is 6.04 Å². The van der Waals surface area contributed by atoms with E-state index in [2.05, 4.69) is 10.6 Å². The summed E-state index contributed by atoms with van der Waals surface area (Å²) in [5, 5.41) is 5.42. The Labute approximate surface area is 119 Å². The Balaban J connectivity index is 2.61. The lowest BCUT2D eigenvalue weighted by Gasteiger charge is -2.17. The third kappa shape index (κ3) is 6.15. The Kier molecular flexibility index (Phi) is 7.06. The minimum absolute atomic E-state index is 0.203. The zero-order chi connectivity index (χ0) is 14.8. The second-order valence-electron chi connectivity index (χ2n) is 4.40. The zero-order valence-corrected chi connectivity index (χ0v) is 11.6. The Morgan fingerprint density at radius 2 is 1.95 bits per heavy atom. The van der Waals surface area contributed by atoms with Gasteiger partial charge in [0, 0.05) is 26.4 Å². The Morgan fingerprint density at radius 3 is 2.55 bits per heavy atom. The van der Waals surface area contributed by atoms with Crippen LogP contribution in [0.15, 0.2) is 42.5 Å². The quantitative estimate of drug-likeness (QED) is 0.628. The van der Waals surface area contributed by atoms with E-state index in [0.717, 1.165) is 5.56 Å². The summed E-state index contributed by atoms with van der Waals surface area (Å²) >= 11 is 0. The fourth-order valence-corrected chi connectivity index (χ4v) is 1.77. The van der Waals surface area contributed by atoms with Gasteiger partial charge in [-0.15, -0.1) is 0 Å². The largest absolute Gasteiger partial charge is 0.351 e. The first kappa shape index (κ1) is 15.9. The normalized spacial score (nSPS) is 12.1. The van der Waals surface area contributed by atoms with Crippen LogP contribution in [0.4, 0.5) is 0 Å². The number of amides is 2. The van der Waals surface area contributed by atoms with E-state index in [1.54, 1.807) is 12.2 Å². The number of carbonyl (C=O) groups is 2. The summed E-state index contributed by atoms with van der Waals surface area (Å²) in [5.74, 6) is -0.427. The summed E-state index contributed by atoms with van der Waals surface area (Å²) in [4.78, 5) is 23.3. The van der Waals surface area contributed by atoms with Gasteiger partial charge in [0.2, 0.25) is 11.8 Å². The number of hydrogen-bond donors (Lipinski definition) is 3. The third-order valence-electron chi connectivity index (χ3n) is 2.67. The van der Waals surface area contributed by atoms with E-state index >= 15 is 0 Å². The standard InChI is InChI=1S/C15H21N3O2/c1-12(19)18-14(11-13-7-3-2-4-8-13)15(20)17-10-6-5-9-16/h2-8,14H,9-11,16H2,1H3,(H,17,20)(H,18,19)/b6-5+/t14-/m0/s1. The van der Waals surface area contributed by atoms with Gasteiger partial charge in [-0.3, -0.25) is 9.59 Å². The molecule has 1 aromatic rings. The van der Waals surface area contributed by atoms with Gasteiger partial charge in [-0.05, 0) is 5.56 Å². The molecule has 4 N–H and O–H groups in total. The van der Waals surface area contributed by atoms with Crippen molar-refractivity contribution in [3.05, 3.63) is 48.0 Å². The maximum atomic E-state index is 12.1. The van der Waals surface area contributed by atoms with E-state index in [4.69, 9.17) is 5.73 Å². The van der Waals surface area contributed by atoms with Gasteiger partial charge in [0.15, 0.2) is 0 Å². The molecule has 1 atom stereocenters. The van der Waals surface area contributed by atoms with E-state index in [1.807, 2.05) is 30.3 Å². The third-order valence-corrected chi connectivity index (χ3v) is 2.67. The van der Waals surface area contributed by atoms with Crippen molar-refractivity contribution in [3.8, 4) is 0 Å². The van der Waals surface area contributed by atoms with Crippen LogP contribution in [0.25, 0.3) is 0 Å². The van der Waals surface area contributed by atoms with Crippen molar-refractivity contribution in [2.24, 2.45) is 5.73 Å². The molecule has 0 fully saturated rings. The SMILES string of the molecule is CC(=O)N[C@@H](Cc1ccccc1)C(=O)NC/C=C/CN. The Bertz CT molecular complexity index is 457. The molecule has 5 nitrogen and oxygen atoms in total. The topological polar surface area (TPSA) is 84.2 Å². The molecule has 5 heteroatoms. The molecule has 0 aliphatic heterocycles. The highest BCUT2D eigenvalue weighted by Crippen LogP contribution is 2.03. The minimum atomic E-state index is -0.568. The average molecular weight is 275 g/mol. The highest BCUT2D eigenvalue weighted by Gasteiger charge is 2.18. The maximum absolute atomic E-state index is 12.1. The molecular formula is C15H21N3O2. The molecule has 1 aromatic carbocycles. The fraction of sp³-hybridized carbons (Fsp3) is 0.333. The number of nitrogens with two attached hydrogens (primary N) is 1.